The quantitative estimate of drug-likeness (QED) is 0.851. The van der Waals surface area contributed by atoms with Gasteiger partial charge in [-0.25, -0.2) is 0 Å². The number of aliphatic hydroxyl groups is 1. The number of carbonyl (C=O) groups is 2. The fourth-order valence-electron chi connectivity index (χ4n) is 2.81. The summed E-state index contributed by atoms with van der Waals surface area (Å²) < 4.78 is 0. The first-order chi connectivity index (χ1) is 9.93. The average molecular weight is 310 g/mol. The molecule has 114 valence electrons. The lowest BCUT2D eigenvalue weighted by molar-refractivity contribution is -0.143. The SMILES string of the molecule is CCC1(CC)CC(=O)N(C[C@@H](O)c2ccc(Cl)cc2)C1=O. The van der Waals surface area contributed by atoms with Crippen LogP contribution < -0.4 is 0 Å². The molecule has 1 aliphatic heterocycles. The molecule has 2 amide bonds. The fourth-order valence-corrected chi connectivity index (χ4v) is 2.94. The number of nitrogens with zero attached hydrogens (tertiary/aromatic N) is 1. The monoisotopic (exact) mass is 309 g/mol. The van der Waals surface area contributed by atoms with Crippen LogP contribution in [0.1, 0.15) is 44.8 Å². The van der Waals surface area contributed by atoms with Crippen LogP contribution >= 0.6 is 11.6 Å². The van der Waals surface area contributed by atoms with Crippen molar-refractivity contribution in [3.63, 3.8) is 0 Å². The van der Waals surface area contributed by atoms with Gasteiger partial charge in [0.25, 0.3) is 0 Å². The second kappa shape index (κ2) is 6.16. The van der Waals surface area contributed by atoms with Crippen LogP contribution in [-0.4, -0.2) is 28.4 Å². The zero-order valence-electron chi connectivity index (χ0n) is 12.3. The normalized spacial score (nSPS) is 19.1. The second-order valence-corrected chi connectivity index (χ2v) is 5.98. The molecular weight excluding hydrogens is 290 g/mol. The maximum Gasteiger partial charge on any atom is 0.235 e. The maximum atomic E-state index is 12.5. The van der Waals surface area contributed by atoms with Crippen LogP contribution in [0.15, 0.2) is 24.3 Å². The highest BCUT2D eigenvalue weighted by Gasteiger charge is 2.49. The number of β-amino-alcohol motifs (C(OH)–C–C–N with tert-alkyl or cyclic N) is 1. The molecule has 1 aliphatic rings. The predicted octanol–water partition coefficient (Wildman–Crippen LogP) is 2.94. The predicted molar refractivity (Wildman–Crippen MR) is 80.8 cm³/mol. The number of halogens is 1. The Morgan fingerprint density at radius 3 is 2.29 bits per heavy atom. The number of carbonyl (C=O) groups excluding carboxylic acids is 2. The van der Waals surface area contributed by atoms with Crippen LogP contribution in [0, 0.1) is 5.41 Å². The summed E-state index contributed by atoms with van der Waals surface area (Å²) in [5, 5.41) is 10.8. The standard InChI is InChI=1S/C16H20ClNO3/c1-3-16(4-2)9-14(20)18(15(16)21)10-13(19)11-5-7-12(17)8-6-11/h5-8,13,19H,3-4,9-10H2,1-2H3/t13-/m1/s1. The Bertz CT molecular complexity index is 537. The van der Waals surface area contributed by atoms with Crippen molar-refractivity contribution in [2.75, 3.05) is 6.54 Å². The lowest BCUT2D eigenvalue weighted by Gasteiger charge is -2.24. The molecule has 1 fully saturated rings. The van der Waals surface area contributed by atoms with Gasteiger partial charge in [0.05, 0.1) is 18.1 Å². The summed E-state index contributed by atoms with van der Waals surface area (Å²) in [5.41, 5.74) is 0.0575. The molecule has 0 radical (unpaired) electrons. The fraction of sp³-hybridized carbons (Fsp3) is 0.500. The van der Waals surface area contributed by atoms with E-state index in [1.54, 1.807) is 24.3 Å². The first-order valence-corrected chi connectivity index (χ1v) is 7.59. The van der Waals surface area contributed by atoms with Crippen molar-refractivity contribution in [1.82, 2.24) is 4.90 Å². The van der Waals surface area contributed by atoms with Crippen LogP contribution in [0.2, 0.25) is 5.02 Å². The van der Waals surface area contributed by atoms with E-state index < -0.39 is 11.5 Å². The third-order valence-electron chi connectivity index (χ3n) is 4.45. The van der Waals surface area contributed by atoms with E-state index in [0.29, 0.717) is 23.4 Å². The molecule has 1 aromatic carbocycles. The highest BCUT2D eigenvalue weighted by molar-refractivity contribution is 6.30. The molecule has 0 spiro atoms. The van der Waals surface area contributed by atoms with E-state index in [4.69, 9.17) is 11.6 Å². The zero-order chi connectivity index (χ0) is 15.6. The third-order valence-corrected chi connectivity index (χ3v) is 4.71. The summed E-state index contributed by atoms with van der Waals surface area (Å²) in [7, 11) is 0. The van der Waals surface area contributed by atoms with Gasteiger partial charge in [-0.2, -0.15) is 0 Å². The molecule has 0 bridgehead atoms. The minimum Gasteiger partial charge on any atom is -0.387 e. The number of hydrogen-bond donors (Lipinski definition) is 1. The average Bonchev–Trinajstić information content (AvgIpc) is 2.72. The molecule has 0 aromatic heterocycles. The van der Waals surface area contributed by atoms with Gasteiger partial charge in [0.1, 0.15) is 0 Å². The molecule has 1 aromatic rings. The van der Waals surface area contributed by atoms with E-state index in [1.165, 1.54) is 4.90 Å². The molecule has 21 heavy (non-hydrogen) atoms. The van der Waals surface area contributed by atoms with Crippen LogP contribution in [-0.2, 0) is 9.59 Å². The molecule has 2 rings (SSSR count). The molecule has 0 saturated carbocycles. The van der Waals surface area contributed by atoms with E-state index in [1.807, 2.05) is 13.8 Å². The third kappa shape index (κ3) is 2.97. The summed E-state index contributed by atoms with van der Waals surface area (Å²) >= 11 is 5.81. The minimum absolute atomic E-state index is 0.00104. The number of hydrogen-bond acceptors (Lipinski definition) is 3. The smallest absolute Gasteiger partial charge is 0.235 e. The summed E-state index contributed by atoms with van der Waals surface area (Å²) in [6, 6.07) is 6.75. The lowest BCUT2D eigenvalue weighted by atomic mass is 9.81. The van der Waals surface area contributed by atoms with Gasteiger partial charge in [-0.05, 0) is 30.5 Å². The highest BCUT2D eigenvalue weighted by atomic mass is 35.5. The van der Waals surface area contributed by atoms with Crippen molar-refractivity contribution in [2.24, 2.45) is 5.41 Å². The number of imide groups is 1. The Labute approximate surface area is 129 Å². The Hall–Kier alpha value is -1.39. The lowest BCUT2D eigenvalue weighted by Crippen LogP contribution is -2.37. The number of aliphatic hydroxyl groups excluding tert-OH is 1. The number of rotatable bonds is 5. The molecule has 0 aliphatic carbocycles. The van der Waals surface area contributed by atoms with Crippen LogP contribution in [0.25, 0.3) is 0 Å². The van der Waals surface area contributed by atoms with Crippen LogP contribution in [0.5, 0.6) is 0 Å². The van der Waals surface area contributed by atoms with Crippen molar-refractivity contribution in [1.29, 1.82) is 0 Å². The van der Waals surface area contributed by atoms with Crippen LogP contribution in [0.4, 0.5) is 0 Å². The van der Waals surface area contributed by atoms with E-state index >= 15 is 0 Å². The Morgan fingerprint density at radius 2 is 1.81 bits per heavy atom. The van der Waals surface area contributed by atoms with E-state index in [9.17, 15) is 14.7 Å². The van der Waals surface area contributed by atoms with E-state index in [0.717, 1.165) is 0 Å². The first kappa shape index (κ1) is 16.0. The molecule has 1 N–H and O–H groups in total. The van der Waals surface area contributed by atoms with Crippen molar-refractivity contribution < 1.29 is 14.7 Å². The van der Waals surface area contributed by atoms with E-state index in [-0.39, 0.29) is 24.8 Å². The molecule has 4 nitrogen and oxygen atoms in total. The molecular formula is C16H20ClNO3. The number of likely N-dealkylation sites (tertiary alicyclic amines) is 1. The summed E-state index contributed by atoms with van der Waals surface area (Å²) in [4.78, 5) is 25.8. The summed E-state index contributed by atoms with van der Waals surface area (Å²) in [6.07, 6.45) is 0.634. The minimum atomic E-state index is -0.889. The highest BCUT2D eigenvalue weighted by Crippen LogP contribution is 2.39. The Kier molecular flexibility index (Phi) is 4.69. The van der Waals surface area contributed by atoms with Crippen molar-refractivity contribution in [2.45, 2.75) is 39.2 Å². The van der Waals surface area contributed by atoms with Gasteiger partial charge in [-0.1, -0.05) is 37.6 Å². The van der Waals surface area contributed by atoms with Gasteiger partial charge in [-0.15, -0.1) is 0 Å². The topological polar surface area (TPSA) is 57.6 Å². The van der Waals surface area contributed by atoms with E-state index in [2.05, 4.69) is 0 Å². The summed E-state index contributed by atoms with van der Waals surface area (Å²) in [6.45, 7) is 3.85. The van der Waals surface area contributed by atoms with Gasteiger partial charge in [0, 0.05) is 11.4 Å². The zero-order valence-corrected chi connectivity index (χ0v) is 13.1. The van der Waals surface area contributed by atoms with Gasteiger partial charge < -0.3 is 5.11 Å². The van der Waals surface area contributed by atoms with Crippen LogP contribution in [0.3, 0.4) is 0 Å². The van der Waals surface area contributed by atoms with Crippen molar-refractivity contribution >= 4 is 23.4 Å². The van der Waals surface area contributed by atoms with Gasteiger partial charge in [-0.3, -0.25) is 14.5 Å². The Morgan fingerprint density at radius 1 is 1.24 bits per heavy atom. The van der Waals surface area contributed by atoms with Gasteiger partial charge >= 0.3 is 0 Å². The number of benzene rings is 1. The molecule has 1 heterocycles. The molecule has 5 heteroatoms. The Balaban J connectivity index is 2.14. The first-order valence-electron chi connectivity index (χ1n) is 7.22. The second-order valence-electron chi connectivity index (χ2n) is 5.54. The van der Waals surface area contributed by atoms with Gasteiger partial charge in [0.2, 0.25) is 11.8 Å². The maximum absolute atomic E-state index is 12.5. The molecule has 1 atom stereocenters. The molecule has 1 saturated heterocycles. The number of amides is 2. The van der Waals surface area contributed by atoms with Crippen molar-refractivity contribution in [3.05, 3.63) is 34.9 Å². The largest absolute Gasteiger partial charge is 0.387 e. The molecule has 0 unspecified atom stereocenters. The summed E-state index contributed by atoms with van der Waals surface area (Å²) in [5.74, 6) is -0.359. The van der Waals surface area contributed by atoms with Crippen molar-refractivity contribution in [3.8, 4) is 0 Å². The van der Waals surface area contributed by atoms with Gasteiger partial charge in [0.15, 0.2) is 0 Å².